The van der Waals surface area contributed by atoms with Crippen molar-refractivity contribution in [2.45, 2.75) is 12.3 Å². The van der Waals surface area contributed by atoms with Crippen LogP contribution in [0.25, 0.3) is 0 Å². The summed E-state index contributed by atoms with van der Waals surface area (Å²) in [5.41, 5.74) is 3.09. The van der Waals surface area contributed by atoms with Gasteiger partial charge in [-0.2, -0.15) is 0 Å². The van der Waals surface area contributed by atoms with Crippen molar-refractivity contribution in [3.05, 3.63) is 90.0 Å². The summed E-state index contributed by atoms with van der Waals surface area (Å²) in [6.45, 7) is 2.00. The Balaban J connectivity index is 1.90. The van der Waals surface area contributed by atoms with Crippen molar-refractivity contribution >= 4 is 17.3 Å². The normalized spacial score (nSPS) is 19.0. The van der Waals surface area contributed by atoms with Gasteiger partial charge >= 0.3 is 0 Å². The molecule has 3 aromatic carbocycles. The summed E-state index contributed by atoms with van der Waals surface area (Å²) < 4.78 is 5.26. The van der Waals surface area contributed by atoms with Crippen molar-refractivity contribution < 1.29 is 9.53 Å². The number of amides is 1. The van der Waals surface area contributed by atoms with Gasteiger partial charge in [-0.1, -0.05) is 48.5 Å². The highest BCUT2D eigenvalue weighted by atomic mass is 16.5. The number of hydrogen-bond donors (Lipinski definition) is 0. The maximum absolute atomic E-state index is 13.5. The molecule has 4 rings (SSSR count). The van der Waals surface area contributed by atoms with Gasteiger partial charge in [0.15, 0.2) is 0 Å². The molecule has 1 aliphatic rings. The molecule has 3 nitrogen and oxygen atoms in total. The molecule has 124 valence electrons. The highest BCUT2D eigenvalue weighted by Crippen LogP contribution is 2.48. The van der Waals surface area contributed by atoms with E-state index >= 15 is 0 Å². The van der Waals surface area contributed by atoms with Gasteiger partial charge < -0.3 is 4.74 Å². The highest BCUT2D eigenvalue weighted by Gasteiger charge is 2.48. The minimum atomic E-state index is -0.724. The Morgan fingerprint density at radius 2 is 1.48 bits per heavy atom. The Hall–Kier alpha value is -3.07. The average molecular weight is 329 g/mol. The van der Waals surface area contributed by atoms with E-state index in [2.05, 4.69) is 0 Å². The number of rotatable bonds is 3. The van der Waals surface area contributed by atoms with Crippen LogP contribution in [-0.2, 0) is 10.2 Å². The summed E-state index contributed by atoms with van der Waals surface area (Å²) in [4.78, 5) is 15.4. The summed E-state index contributed by atoms with van der Waals surface area (Å²) in [6.07, 6.45) is 0. The fraction of sp³-hybridized carbons (Fsp3) is 0.136. The van der Waals surface area contributed by atoms with Crippen LogP contribution in [0.2, 0.25) is 0 Å². The first-order valence-corrected chi connectivity index (χ1v) is 8.30. The van der Waals surface area contributed by atoms with Crippen LogP contribution in [0.4, 0.5) is 11.4 Å². The second-order valence-electron chi connectivity index (χ2n) is 6.35. The number of ether oxygens (including phenoxy) is 1. The van der Waals surface area contributed by atoms with Gasteiger partial charge in [-0.05, 0) is 48.4 Å². The highest BCUT2D eigenvalue weighted by molar-refractivity contribution is 6.14. The fourth-order valence-electron chi connectivity index (χ4n) is 3.58. The maximum Gasteiger partial charge on any atom is 0.246 e. The Morgan fingerprint density at radius 3 is 2.16 bits per heavy atom. The summed E-state index contributed by atoms with van der Waals surface area (Å²) in [5.74, 6) is 0.844. The Labute approximate surface area is 147 Å². The quantitative estimate of drug-likeness (QED) is 0.698. The van der Waals surface area contributed by atoms with Crippen molar-refractivity contribution in [1.82, 2.24) is 0 Å². The second kappa shape index (κ2) is 5.78. The molecule has 0 bridgehead atoms. The molecule has 0 radical (unpaired) electrons. The minimum absolute atomic E-state index is 0.0602. The number of hydrogen-bond acceptors (Lipinski definition) is 2. The van der Waals surface area contributed by atoms with E-state index in [0.717, 1.165) is 28.3 Å². The van der Waals surface area contributed by atoms with E-state index in [0.29, 0.717) is 0 Å². The van der Waals surface area contributed by atoms with Crippen LogP contribution < -0.4 is 9.64 Å². The van der Waals surface area contributed by atoms with E-state index in [9.17, 15) is 4.79 Å². The van der Waals surface area contributed by atoms with Crippen LogP contribution in [0.15, 0.2) is 78.9 Å². The smallest absolute Gasteiger partial charge is 0.246 e. The third-order valence-corrected chi connectivity index (χ3v) is 5.00. The molecular formula is C22H19NO2. The standard InChI is InChI=1S/C22H19NO2/c1-22(16-12-14-18(25-2)15-13-16)19-10-6-7-11-20(19)23(21(22)24)17-8-4-3-5-9-17/h3-15H,1-2H3. The van der Waals surface area contributed by atoms with Gasteiger partial charge in [0.05, 0.1) is 18.2 Å². The van der Waals surface area contributed by atoms with Crippen LogP contribution in [0.3, 0.4) is 0 Å². The van der Waals surface area contributed by atoms with E-state index < -0.39 is 5.41 Å². The molecule has 0 aliphatic carbocycles. The maximum atomic E-state index is 13.5. The van der Waals surface area contributed by atoms with E-state index in [1.807, 2.05) is 90.7 Å². The topological polar surface area (TPSA) is 29.5 Å². The van der Waals surface area contributed by atoms with Gasteiger partial charge in [-0.15, -0.1) is 0 Å². The largest absolute Gasteiger partial charge is 0.497 e. The lowest BCUT2D eigenvalue weighted by atomic mass is 9.77. The number of fused-ring (bicyclic) bond motifs is 1. The molecule has 3 aromatic rings. The van der Waals surface area contributed by atoms with Crippen molar-refractivity contribution in [3.8, 4) is 5.75 Å². The third kappa shape index (κ3) is 2.23. The van der Waals surface area contributed by atoms with E-state index in [1.54, 1.807) is 7.11 Å². The number of methoxy groups -OCH3 is 1. The first-order chi connectivity index (χ1) is 12.2. The number of nitrogens with zero attached hydrogens (tertiary/aromatic N) is 1. The van der Waals surface area contributed by atoms with Crippen LogP contribution >= 0.6 is 0 Å². The Morgan fingerprint density at radius 1 is 0.840 bits per heavy atom. The number of benzene rings is 3. The van der Waals surface area contributed by atoms with Gasteiger partial charge in [0.1, 0.15) is 5.75 Å². The fourth-order valence-corrected chi connectivity index (χ4v) is 3.58. The molecule has 1 unspecified atom stereocenters. The average Bonchev–Trinajstić information content (AvgIpc) is 2.91. The van der Waals surface area contributed by atoms with Crippen molar-refractivity contribution in [2.75, 3.05) is 12.0 Å². The molecule has 1 atom stereocenters. The van der Waals surface area contributed by atoms with Gasteiger partial charge in [0, 0.05) is 5.69 Å². The Bertz CT molecular complexity index is 918. The van der Waals surface area contributed by atoms with E-state index in [4.69, 9.17) is 4.74 Å². The monoisotopic (exact) mass is 329 g/mol. The lowest BCUT2D eigenvalue weighted by Gasteiger charge is -2.25. The molecule has 1 amide bonds. The zero-order chi connectivity index (χ0) is 17.4. The first kappa shape index (κ1) is 15.5. The van der Waals surface area contributed by atoms with Gasteiger partial charge in [-0.3, -0.25) is 9.69 Å². The summed E-state index contributed by atoms with van der Waals surface area (Å²) in [5, 5.41) is 0. The molecule has 0 fully saturated rings. The van der Waals surface area contributed by atoms with Gasteiger partial charge in [0.25, 0.3) is 0 Å². The number of anilines is 2. The van der Waals surface area contributed by atoms with Gasteiger partial charge in [0.2, 0.25) is 5.91 Å². The van der Waals surface area contributed by atoms with Crippen LogP contribution in [-0.4, -0.2) is 13.0 Å². The Kier molecular flexibility index (Phi) is 3.57. The molecule has 1 heterocycles. The zero-order valence-corrected chi connectivity index (χ0v) is 14.3. The number of carbonyl (C=O) groups is 1. The van der Waals surface area contributed by atoms with E-state index in [1.165, 1.54) is 0 Å². The molecule has 1 aliphatic heterocycles. The molecule has 25 heavy (non-hydrogen) atoms. The second-order valence-corrected chi connectivity index (χ2v) is 6.35. The van der Waals surface area contributed by atoms with Gasteiger partial charge in [-0.25, -0.2) is 0 Å². The first-order valence-electron chi connectivity index (χ1n) is 8.30. The third-order valence-electron chi connectivity index (χ3n) is 5.00. The molecule has 0 saturated heterocycles. The zero-order valence-electron chi connectivity index (χ0n) is 14.3. The van der Waals surface area contributed by atoms with Crippen molar-refractivity contribution in [1.29, 1.82) is 0 Å². The van der Waals surface area contributed by atoms with Crippen LogP contribution in [0.1, 0.15) is 18.1 Å². The number of para-hydroxylation sites is 2. The lowest BCUT2D eigenvalue weighted by Crippen LogP contribution is -2.36. The summed E-state index contributed by atoms with van der Waals surface area (Å²) >= 11 is 0. The van der Waals surface area contributed by atoms with Crippen molar-refractivity contribution in [2.24, 2.45) is 0 Å². The molecule has 0 N–H and O–H groups in total. The molecule has 0 spiro atoms. The summed E-state index contributed by atoms with van der Waals surface area (Å²) in [6, 6.07) is 25.6. The molecule has 0 aromatic heterocycles. The molecular weight excluding hydrogens is 310 g/mol. The SMILES string of the molecule is COc1ccc(C2(C)C(=O)N(c3ccccc3)c3ccccc32)cc1. The van der Waals surface area contributed by atoms with Crippen LogP contribution in [0.5, 0.6) is 5.75 Å². The van der Waals surface area contributed by atoms with Crippen molar-refractivity contribution in [3.63, 3.8) is 0 Å². The predicted molar refractivity (Wildman–Crippen MR) is 99.5 cm³/mol. The summed E-state index contributed by atoms with van der Waals surface area (Å²) in [7, 11) is 1.64. The minimum Gasteiger partial charge on any atom is -0.497 e. The molecule has 0 saturated carbocycles. The van der Waals surface area contributed by atoms with Crippen LogP contribution in [0, 0.1) is 0 Å². The van der Waals surface area contributed by atoms with E-state index in [-0.39, 0.29) is 5.91 Å². The molecule has 3 heteroatoms. The lowest BCUT2D eigenvalue weighted by molar-refractivity contribution is -0.120. The predicted octanol–water partition coefficient (Wildman–Crippen LogP) is 4.68. The number of carbonyl (C=O) groups excluding carboxylic acids is 1.